The lowest BCUT2D eigenvalue weighted by atomic mass is 10.2. The molecule has 0 aliphatic carbocycles. The van der Waals surface area contributed by atoms with Crippen LogP contribution in [0.2, 0.25) is 0 Å². The Morgan fingerprint density at radius 2 is 1.81 bits per heavy atom. The normalized spacial score (nSPS) is 14.4. The van der Waals surface area contributed by atoms with Gasteiger partial charge in [-0.2, -0.15) is 15.0 Å². The standard InChI is InChI=1S/C19H19F2N9O2/c1-31-13-9-11(22)8-12-14(13)24-16(15(20)21)30(12)19-26-17(28-4-6-32-7-5-28)25-18(27-19)29-3-2-23-10-29/h2-3,8-10,15H,4-7,22H2,1H3. The smallest absolute Gasteiger partial charge is 0.296 e. The fraction of sp³-hybridized carbons (Fsp3) is 0.316. The molecule has 0 amide bonds. The SMILES string of the molecule is COc1cc(N)cc2c1nc(C(F)F)n2-c1nc(N2CCOCC2)nc(-n2ccnc2)n1. The van der Waals surface area contributed by atoms with Crippen molar-refractivity contribution in [3.05, 3.63) is 36.7 Å². The molecule has 1 aromatic carbocycles. The minimum Gasteiger partial charge on any atom is -0.494 e. The Morgan fingerprint density at radius 3 is 2.50 bits per heavy atom. The third-order valence-electron chi connectivity index (χ3n) is 5.02. The molecule has 4 aromatic rings. The van der Waals surface area contributed by atoms with Crippen molar-refractivity contribution in [2.24, 2.45) is 0 Å². The van der Waals surface area contributed by atoms with E-state index in [1.54, 1.807) is 17.0 Å². The van der Waals surface area contributed by atoms with Gasteiger partial charge in [-0.15, -0.1) is 0 Å². The van der Waals surface area contributed by atoms with Crippen molar-refractivity contribution in [1.29, 1.82) is 0 Å². The Kier molecular flexibility index (Phi) is 5.01. The molecule has 0 spiro atoms. The van der Waals surface area contributed by atoms with Gasteiger partial charge in [0.15, 0.2) is 5.82 Å². The number of ether oxygens (including phenoxy) is 2. The lowest BCUT2D eigenvalue weighted by molar-refractivity contribution is 0.122. The van der Waals surface area contributed by atoms with Gasteiger partial charge in [0.25, 0.3) is 6.43 Å². The van der Waals surface area contributed by atoms with Crippen LogP contribution in [0.25, 0.3) is 22.9 Å². The van der Waals surface area contributed by atoms with Gasteiger partial charge >= 0.3 is 0 Å². The lowest BCUT2D eigenvalue weighted by Crippen LogP contribution is -2.37. The Balaban J connectivity index is 1.77. The van der Waals surface area contributed by atoms with Crippen LogP contribution in [-0.2, 0) is 4.74 Å². The summed E-state index contributed by atoms with van der Waals surface area (Å²) < 4.78 is 41.6. The highest BCUT2D eigenvalue weighted by Crippen LogP contribution is 2.34. The van der Waals surface area contributed by atoms with E-state index in [2.05, 4.69) is 24.9 Å². The first kappa shape index (κ1) is 20.1. The van der Waals surface area contributed by atoms with Gasteiger partial charge in [-0.3, -0.25) is 9.13 Å². The summed E-state index contributed by atoms with van der Waals surface area (Å²) in [4.78, 5) is 23.5. The molecule has 1 fully saturated rings. The number of benzene rings is 1. The molecule has 2 N–H and O–H groups in total. The van der Waals surface area contributed by atoms with Crippen LogP contribution in [0, 0.1) is 0 Å². The van der Waals surface area contributed by atoms with Gasteiger partial charge in [0.2, 0.25) is 17.8 Å². The highest BCUT2D eigenvalue weighted by atomic mass is 19.3. The number of imidazole rings is 2. The van der Waals surface area contributed by atoms with Crippen LogP contribution in [0.3, 0.4) is 0 Å². The summed E-state index contributed by atoms with van der Waals surface area (Å²) in [5, 5.41) is 0. The zero-order chi connectivity index (χ0) is 22.2. The average molecular weight is 443 g/mol. The minimum atomic E-state index is -2.89. The van der Waals surface area contributed by atoms with Gasteiger partial charge in [-0.25, -0.2) is 18.7 Å². The molecule has 0 atom stereocenters. The van der Waals surface area contributed by atoms with E-state index in [0.717, 1.165) is 0 Å². The average Bonchev–Trinajstić information content (AvgIpc) is 3.47. The number of halogens is 2. The van der Waals surface area contributed by atoms with E-state index in [1.807, 2.05) is 4.90 Å². The number of nitrogens with two attached hydrogens (primary N) is 1. The molecule has 13 heteroatoms. The predicted octanol–water partition coefficient (Wildman–Crippen LogP) is 1.76. The van der Waals surface area contributed by atoms with E-state index in [9.17, 15) is 8.78 Å². The maximum absolute atomic E-state index is 14.0. The Labute approximate surface area is 180 Å². The largest absolute Gasteiger partial charge is 0.494 e. The number of morpholine rings is 1. The molecule has 5 rings (SSSR count). The van der Waals surface area contributed by atoms with Gasteiger partial charge in [0.05, 0.1) is 25.8 Å². The van der Waals surface area contributed by atoms with Crippen molar-refractivity contribution < 1.29 is 18.3 Å². The van der Waals surface area contributed by atoms with Crippen molar-refractivity contribution in [1.82, 2.24) is 34.1 Å². The number of methoxy groups -OCH3 is 1. The summed E-state index contributed by atoms with van der Waals surface area (Å²) in [7, 11) is 1.42. The number of alkyl halides is 2. The molecule has 0 radical (unpaired) electrons. The van der Waals surface area contributed by atoms with E-state index in [1.165, 1.54) is 30.1 Å². The van der Waals surface area contributed by atoms with Crippen molar-refractivity contribution in [2.45, 2.75) is 6.43 Å². The molecular formula is C19H19F2N9O2. The summed E-state index contributed by atoms with van der Waals surface area (Å²) in [6.07, 6.45) is 1.85. The summed E-state index contributed by atoms with van der Waals surface area (Å²) >= 11 is 0. The number of anilines is 2. The third-order valence-corrected chi connectivity index (χ3v) is 5.02. The molecule has 3 aromatic heterocycles. The van der Waals surface area contributed by atoms with Gasteiger partial charge in [0.1, 0.15) is 17.6 Å². The van der Waals surface area contributed by atoms with Crippen LogP contribution in [0.4, 0.5) is 20.4 Å². The van der Waals surface area contributed by atoms with Gasteiger partial charge in [-0.05, 0) is 6.07 Å². The maximum Gasteiger partial charge on any atom is 0.296 e. The highest BCUT2D eigenvalue weighted by Gasteiger charge is 2.26. The van der Waals surface area contributed by atoms with Crippen molar-refractivity contribution in [3.8, 4) is 17.6 Å². The number of hydrogen-bond donors (Lipinski definition) is 1. The molecule has 166 valence electrons. The number of aromatic nitrogens is 7. The summed E-state index contributed by atoms with van der Waals surface area (Å²) in [5.41, 5.74) is 6.85. The van der Waals surface area contributed by atoms with E-state index in [0.29, 0.717) is 43.5 Å². The van der Waals surface area contributed by atoms with Crippen molar-refractivity contribution in [2.75, 3.05) is 44.0 Å². The first-order chi connectivity index (χ1) is 15.5. The second kappa shape index (κ2) is 8.00. The number of nitrogen functional groups attached to an aromatic ring is 1. The molecule has 1 saturated heterocycles. The number of nitrogens with zero attached hydrogens (tertiary/aromatic N) is 8. The topological polar surface area (TPSA) is 122 Å². The van der Waals surface area contributed by atoms with Crippen LogP contribution >= 0.6 is 0 Å². The molecule has 1 aliphatic heterocycles. The van der Waals surface area contributed by atoms with E-state index in [4.69, 9.17) is 15.2 Å². The molecule has 4 heterocycles. The van der Waals surface area contributed by atoms with E-state index >= 15 is 0 Å². The molecular weight excluding hydrogens is 424 g/mol. The molecule has 32 heavy (non-hydrogen) atoms. The first-order valence-corrected chi connectivity index (χ1v) is 9.76. The molecule has 0 bridgehead atoms. The van der Waals surface area contributed by atoms with Crippen LogP contribution in [0.15, 0.2) is 30.9 Å². The van der Waals surface area contributed by atoms with E-state index < -0.39 is 12.2 Å². The van der Waals surface area contributed by atoms with Crippen LogP contribution in [0.1, 0.15) is 12.2 Å². The van der Waals surface area contributed by atoms with Gasteiger partial charge in [0, 0.05) is 37.2 Å². The third kappa shape index (κ3) is 3.45. The Hall–Kier alpha value is -3.87. The van der Waals surface area contributed by atoms with Crippen LogP contribution < -0.4 is 15.4 Å². The second-order valence-corrected chi connectivity index (χ2v) is 7.00. The number of fused-ring (bicyclic) bond motifs is 1. The van der Waals surface area contributed by atoms with Crippen molar-refractivity contribution >= 4 is 22.7 Å². The lowest BCUT2D eigenvalue weighted by Gasteiger charge is -2.27. The molecule has 0 saturated carbocycles. The predicted molar refractivity (Wildman–Crippen MR) is 111 cm³/mol. The van der Waals surface area contributed by atoms with Crippen LogP contribution in [-0.4, -0.2) is 67.5 Å². The van der Waals surface area contributed by atoms with Gasteiger partial charge in [-0.1, -0.05) is 0 Å². The minimum absolute atomic E-state index is 0.0179. The summed E-state index contributed by atoms with van der Waals surface area (Å²) in [6, 6.07) is 3.06. The molecule has 1 aliphatic rings. The second-order valence-electron chi connectivity index (χ2n) is 7.00. The molecule has 0 unspecified atom stereocenters. The maximum atomic E-state index is 14.0. The van der Waals surface area contributed by atoms with E-state index in [-0.39, 0.29) is 23.2 Å². The quantitative estimate of drug-likeness (QED) is 0.460. The zero-order valence-electron chi connectivity index (χ0n) is 17.0. The Morgan fingerprint density at radius 1 is 1.06 bits per heavy atom. The number of hydrogen-bond acceptors (Lipinski definition) is 9. The number of rotatable bonds is 5. The van der Waals surface area contributed by atoms with Gasteiger partial charge < -0.3 is 20.1 Å². The summed E-state index contributed by atoms with van der Waals surface area (Å²) in [5.74, 6) is 0.292. The highest BCUT2D eigenvalue weighted by molar-refractivity contribution is 5.87. The van der Waals surface area contributed by atoms with Crippen LogP contribution in [0.5, 0.6) is 5.75 Å². The Bertz CT molecular complexity index is 1250. The zero-order valence-corrected chi connectivity index (χ0v) is 17.0. The monoisotopic (exact) mass is 443 g/mol. The first-order valence-electron chi connectivity index (χ1n) is 9.76. The molecule has 11 nitrogen and oxygen atoms in total. The van der Waals surface area contributed by atoms with Crippen molar-refractivity contribution in [3.63, 3.8) is 0 Å². The summed E-state index contributed by atoms with van der Waals surface area (Å²) in [6.45, 7) is 2.12. The fourth-order valence-electron chi connectivity index (χ4n) is 3.54. The fourth-order valence-corrected chi connectivity index (χ4v) is 3.54.